The van der Waals surface area contributed by atoms with E-state index in [9.17, 15) is 26.4 Å². The minimum Gasteiger partial charge on any atom is -0.439 e. The number of carbonyl (C=O) groups is 1. The number of halogens is 3. The van der Waals surface area contributed by atoms with Gasteiger partial charge in [-0.3, -0.25) is 0 Å². The summed E-state index contributed by atoms with van der Waals surface area (Å²) in [5, 5.41) is 0. The number of carbonyl (C=O) groups excluding carboxylic acids is 1. The van der Waals surface area contributed by atoms with Gasteiger partial charge >= 0.3 is 12.3 Å². The third kappa shape index (κ3) is 5.95. The molecule has 0 aliphatic heterocycles. The third-order valence-corrected chi connectivity index (χ3v) is 5.20. The van der Waals surface area contributed by atoms with Gasteiger partial charge in [-0.05, 0) is 49.4 Å². The van der Waals surface area contributed by atoms with E-state index in [2.05, 4.69) is 4.98 Å². The number of aromatic nitrogens is 1. The SMILES string of the molecule is Cc1ccc(S(=O)(=O)NC(=O)Oc2ccc(Oc3ccc(C(F)(F)F)cn3)cc2)cc1. The quantitative estimate of drug-likeness (QED) is 0.604. The monoisotopic (exact) mass is 452 g/mol. The van der Waals surface area contributed by atoms with Crippen LogP contribution in [0.4, 0.5) is 18.0 Å². The van der Waals surface area contributed by atoms with Crippen molar-refractivity contribution in [2.75, 3.05) is 0 Å². The summed E-state index contributed by atoms with van der Waals surface area (Å²) in [4.78, 5) is 15.4. The van der Waals surface area contributed by atoms with Crippen LogP contribution in [0.2, 0.25) is 0 Å². The van der Waals surface area contributed by atoms with Gasteiger partial charge in [-0.2, -0.15) is 13.2 Å². The fraction of sp³-hybridized carbons (Fsp3) is 0.100. The lowest BCUT2D eigenvalue weighted by Gasteiger charge is -2.10. The Morgan fingerprint density at radius 1 is 0.935 bits per heavy atom. The van der Waals surface area contributed by atoms with E-state index in [0.717, 1.165) is 17.7 Å². The molecule has 0 fully saturated rings. The molecule has 0 atom stereocenters. The maximum atomic E-state index is 12.5. The number of sulfonamides is 1. The number of hydrogen-bond acceptors (Lipinski definition) is 6. The molecule has 0 unspecified atom stereocenters. The molecule has 162 valence electrons. The molecular weight excluding hydrogens is 437 g/mol. The molecule has 1 heterocycles. The summed E-state index contributed by atoms with van der Waals surface area (Å²) in [5.41, 5.74) is -0.0504. The van der Waals surface area contributed by atoms with Crippen LogP contribution in [0, 0.1) is 6.92 Å². The molecule has 0 bridgehead atoms. The summed E-state index contributed by atoms with van der Waals surface area (Å²) in [6.45, 7) is 1.79. The highest BCUT2D eigenvalue weighted by molar-refractivity contribution is 7.90. The van der Waals surface area contributed by atoms with E-state index < -0.39 is 27.9 Å². The Morgan fingerprint density at radius 3 is 2.10 bits per heavy atom. The Bertz CT molecular complexity index is 1160. The first-order chi connectivity index (χ1) is 14.5. The fourth-order valence-corrected chi connectivity index (χ4v) is 3.19. The highest BCUT2D eigenvalue weighted by atomic mass is 32.2. The van der Waals surface area contributed by atoms with Crippen LogP contribution in [-0.4, -0.2) is 19.5 Å². The average molecular weight is 452 g/mol. The first-order valence-corrected chi connectivity index (χ1v) is 10.1. The zero-order chi connectivity index (χ0) is 22.6. The second-order valence-electron chi connectivity index (χ2n) is 6.26. The van der Waals surface area contributed by atoms with Gasteiger partial charge in [0.1, 0.15) is 11.5 Å². The normalized spacial score (nSPS) is 11.6. The number of nitrogens with one attached hydrogen (secondary N) is 1. The number of hydrogen-bond donors (Lipinski definition) is 1. The summed E-state index contributed by atoms with van der Waals surface area (Å²) in [7, 11) is -4.10. The van der Waals surface area contributed by atoms with Crippen molar-refractivity contribution >= 4 is 16.1 Å². The van der Waals surface area contributed by atoms with Crippen molar-refractivity contribution in [3.8, 4) is 17.4 Å². The lowest BCUT2D eigenvalue weighted by molar-refractivity contribution is -0.137. The molecule has 3 rings (SSSR count). The van der Waals surface area contributed by atoms with Crippen molar-refractivity contribution < 1.29 is 35.9 Å². The highest BCUT2D eigenvalue weighted by Crippen LogP contribution is 2.30. The van der Waals surface area contributed by atoms with Crippen LogP contribution >= 0.6 is 0 Å². The minimum absolute atomic E-state index is 0.0179. The Kier molecular flexibility index (Phi) is 6.16. The lowest BCUT2D eigenvalue weighted by atomic mass is 10.2. The van der Waals surface area contributed by atoms with Gasteiger partial charge in [0.25, 0.3) is 10.0 Å². The van der Waals surface area contributed by atoms with Gasteiger partial charge < -0.3 is 9.47 Å². The molecule has 0 spiro atoms. The van der Waals surface area contributed by atoms with Crippen molar-refractivity contribution in [1.29, 1.82) is 0 Å². The first kappa shape index (κ1) is 22.1. The van der Waals surface area contributed by atoms with Crippen LogP contribution < -0.4 is 14.2 Å². The van der Waals surface area contributed by atoms with E-state index in [1.165, 1.54) is 36.4 Å². The number of rotatable bonds is 5. The van der Waals surface area contributed by atoms with E-state index in [1.807, 2.05) is 0 Å². The van der Waals surface area contributed by atoms with Gasteiger partial charge in [-0.25, -0.2) is 22.9 Å². The van der Waals surface area contributed by atoms with Crippen LogP contribution in [0.15, 0.2) is 71.8 Å². The van der Waals surface area contributed by atoms with Gasteiger partial charge in [0.2, 0.25) is 5.88 Å². The first-order valence-electron chi connectivity index (χ1n) is 8.65. The summed E-state index contributed by atoms with van der Waals surface area (Å²) in [5.74, 6) is 0.167. The minimum atomic E-state index is -4.50. The van der Waals surface area contributed by atoms with E-state index in [1.54, 1.807) is 23.8 Å². The Hall–Kier alpha value is -3.60. The number of amides is 1. The van der Waals surface area contributed by atoms with Gasteiger partial charge in [-0.1, -0.05) is 17.7 Å². The van der Waals surface area contributed by atoms with E-state index in [-0.39, 0.29) is 22.3 Å². The van der Waals surface area contributed by atoms with Crippen molar-refractivity contribution in [2.45, 2.75) is 18.0 Å². The van der Waals surface area contributed by atoms with Crippen LogP contribution in [0.5, 0.6) is 17.4 Å². The topological polar surface area (TPSA) is 94.6 Å². The van der Waals surface area contributed by atoms with Crippen molar-refractivity contribution in [3.63, 3.8) is 0 Å². The molecular formula is C20H15F3N2O5S. The maximum absolute atomic E-state index is 12.5. The second-order valence-corrected chi connectivity index (χ2v) is 7.95. The summed E-state index contributed by atoms with van der Waals surface area (Å²) < 4.78 is 74.0. The molecule has 11 heteroatoms. The van der Waals surface area contributed by atoms with Crippen molar-refractivity contribution in [1.82, 2.24) is 9.71 Å². The molecule has 31 heavy (non-hydrogen) atoms. The summed E-state index contributed by atoms with van der Waals surface area (Å²) in [6.07, 6.45) is -5.07. The number of benzene rings is 2. The molecule has 1 N–H and O–H groups in total. The third-order valence-electron chi connectivity index (χ3n) is 3.87. The molecule has 0 saturated carbocycles. The highest BCUT2D eigenvalue weighted by Gasteiger charge is 2.30. The molecule has 0 saturated heterocycles. The predicted octanol–water partition coefficient (Wildman–Crippen LogP) is 4.68. The standard InChI is InChI=1S/C20H15F3N2O5S/c1-13-2-9-17(10-3-13)31(27,28)25-19(26)30-16-7-5-15(6-8-16)29-18-11-4-14(12-24-18)20(21,22)23/h2-12H,1H3,(H,25,26). The largest absolute Gasteiger partial charge is 0.439 e. The average Bonchev–Trinajstić information content (AvgIpc) is 2.69. The zero-order valence-electron chi connectivity index (χ0n) is 15.9. The number of alkyl halides is 3. The molecule has 0 aliphatic carbocycles. The lowest BCUT2D eigenvalue weighted by Crippen LogP contribution is -2.33. The van der Waals surface area contributed by atoms with Crippen LogP contribution in [0.1, 0.15) is 11.1 Å². The number of nitrogens with zero attached hydrogens (tertiary/aromatic N) is 1. The molecule has 0 aliphatic rings. The Labute approximate surface area is 175 Å². The fourth-order valence-electron chi connectivity index (χ4n) is 2.32. The van der Waals surface area contributed by atoms with Crippen LogP contribution in [0.3, 0.4) is 0 Å². The van der Waals surface area contributed by atoms with E-state index in [4.69, 9.17) is 9.47 Å². The van der Waals surface area contributed by atoms with Gasteiger partial charge in [0.05, 0.1) is 10.5 Å². The molecule has 7 nitrogen and oxygen atoms in total. The van der Waals surface area contributed by atoms with Gasteiger partial charge in [0, 0.05) is 12.3 Å². The second kappa shape index (κ2) is 8.64. The number of ether oxygens (including phenoxy) is 2. The van der Waals surface area contributed by atoms with E-state index in [0.29, 0.717) is 6.20 Å². The molecule has 0 radical (unpaired) electrons. The van der Waals surface area contributed by atoms with Crippen molar-refractivity contribution in [3.05, 3.63) is 78.0 Å². The Morgan fingerprint density at radius 2 is 1.55 bits per heavy atom. The molecule has 2 aromatic carbocycles. The van der Waals surface area contributed by atoms with Gasteiger partial charge in [0.15, 0.2) is 0 Å². The van der Waals surface area contributed by atoms with Crippen LogP contribution in [0.25, 0.3) is 0 Å². The maximum Gasteiger partial charge on any atom is 0.426 e. The Balaban J connectivity index is 1.60. The predicted molar refractivity (Wildman–Crippen MR) is 103 cm³/mol. The number of aryl methyl sites for hydroxylation is 1. The molecule has 1 amide bonds. The molecule has 3 aromatic rings. The van der Waals surface area contributed by atoms with E-state index >= 15 is 0 Å². The zero-order valence-corrected chi connectivity index (χ0v) is 16.7. The smallest absolute Gasteiger partial charge is 0.426 e. The summed E-state index contributed by atoms with van der Waals surface area (Å²) >= 11 is 0. The van der Waals surface area contributed by atoms with Crippen molar-refractivity contribution in [2.24, 2.45) is 0 Å². The molecule has 1 aromatic heterocycles. The van der Waals surface area contributed by atoms with Gasteiger partial charge in [-0.15, -0.1) is 0 Å². The number of pyridine rings is 1. The summed E-state index contributed by atoms with van der Waals surface area (Å²) in [6, 6.07) is 13.2. The van der Waals surface area contributed by atoms with Crippen LogP contribution in [-0.2, 0) is 16.2 Å².